The number of carboxylic acid groups (broad SMARTS) is 1. The smallest absolute Gasteiger partial charge is 0.348 e. The van der Waals surface area contributed by atoms with Crippen LogP contribution in [0.5, 0.6) is 0 Å². The van der Waals surface area contributed by atoms with E-state index in [9.17, 15) is 37.3 Å². The lowest BCUT2D eigenvalue weighted by Crippen LogP contribution is -2.61. The zero-order chi connectivity index (χ0) is 27.2. The SMILES string of the molecule is CC(Sc1ccccn1)c1ccccc1C(=O)NCCCCC(C(=O)O)(N1C(=O)CCC1=O)S(=O)(=O)O. The van der Waals surface area contributed by atoms with E-state index >= 15 is 0 Å². The van der Waals surface area contributed by atoms with Crippen LogP contribution in [0.4, 0.5) is 0 Å². The number of amides is 3. The molecular weight excluding hydrogens is 522 g/mol. The molecule has 13 heteroatoms. The fourth-order valence-electron chi connectivity index (χ4n) is 4.15. The van der Waals surface area contributed by atoms with E-state index in [4.69, 9.17) is 0 Å². The maximum atomic E-state index is 12.9. The molecule has 1 aliphatic heterocycles. The fraction of sp³-hybridized carbons (Fsp3) is 0.375. The summed E-state index contributed by atoms with van der Waals surface area (Å²) in [7, 11) is -5.37. The van der Waals surface area contributed by atoms with Gasteiger partial charge in [-0.15, -0.1) is 0 Å². The molecule has 0 aliphatic carbocycles. The monoisotopic (exact) mass is 549 g/mol. The van der Waals surface area contributed by atoms with Crippen molar-refractivity contribution in [2.45, 2.75) is 54.2 Å². The first-order valence-electron chi connectivity index (χ1n) is 11.5. The van der Waals surface area contributed by atoms with Crippen molar-refractivity contribution in [3.63, 3.8) is 0 Å². The number of carboxylic acids is 1. The highest BCUT2D eigenvalue weighted by molar-refractivity contribution is 7.99. The molecule has 3 amide bonds. The van der Waals surface area contributed by atoms with Crippen LogP contribution in [0.25, 0.3) is 0 Å². The van der Waals surface area contributed by atoms with Crippen LogP contribution in [0.1, 0.15) is 60.2 Å². The lowest BCUT2D eigenvalue weighted by molar-refractivity contribution is -0.157. The summed E-state index contributed by atoms with van der Waals surface area (Å²) in [6, 6.07) is 12.6. The molecule has 0 radical (unpaired) electrons. The van der Waals surface area contributed by atoms with E-state index in [1.807, 2.05) is 37.3 Å². The van der Waals surface area contributed by atoms with Gasteiger partial charge in [0.2, 0.25) is 11.8 Å². The number of hydrogen-bond acceptors (Lipinski definition) is 8. The highest BCUT2D eigenvalue weighted by Crippen LogP contribution is 2.35. The van der Waals surface area contributed by atoms with Gasteiger partial charge in [0.25, 0.3) is 10.8 Å². The molecule has 3 N–H and O–H groups in total. The van der Waals surface area contributed by atoms with Crippen LogP contribution in [0, 0.1) is 0 Å². The van der Waals surface area contributed by atoms with Gasteiger partial charge in [-0.3, -0.25) is 18.9 Å². The van der Waals surface area contributed by atoms with Gasteiger partial charge in [0, 0.05) is 36.4 Å². The van der Waals surface area contributed by atoms with Crippen molar-refractivity contribution in [1.82, 2.24) is 15.2 Å². The number of carbonyl (C=O) groups excluding carboxylic acids is 3. The standard InChI is InChI=1S/C24H27N3O8S2/c1-16(36-19-10-4-6-14-25-19)17-8-2-3-9-18(17)22(30)26-15-7-5-13-24(23(31)32,37(33,34)35)27-20(28)11-12-21(27)29/h2-4,6,8-10,14,16H,5,7,11-13,15H2,1H3,(H,26,30)(H,31,32)(H,33,34,35). The lowest BCUT2D eigenvalue weighted by Gasteiger charge is -2.33. The van der Waals surface area contributed by atoms with Crippen molar-refractivity contribution < 1.29 is 37.3 Å². The molecule has 2 unspecified atom stereocenters. The van der Waals surface area contributed by atoms with Gasteiger partial charge in [-0.2, -0.15) is 8.42 Å². The quantitative estimate of drug-likeness (QED) is 0.155. The molecule has 1 aromatic heterocycles. The Labute approximate surface area is 218 Å². The average molecular weight is 550 g/mol. The van der Waals surface area contributed by atoms with Crippen molar-refractivity contribution in [2.75, 3.05) is 6.54 Å². The summed E-state index contributed by atoms with van der Waals surface area (Å²) in [5, 5.41) is 13.1. The minimum absolute atomic E-state index is 0.0675. The van der Waals surface area contributed by atoms with Gasteiger partial charge >= 0.3 is 16.1 Å². The number of aromatic nitrogens is 1. The summed E-state index contributed by atoms with van der Waals surface area (Å²) < 4.78 is 34.0. The molecule has 37 heavy (non-hydrogen) atoms. The third-order valence-electron chi connectivity index (χ3n) is 5.98. The van der Waals surface area contributed by atoms with Crippen LogP contribution in [0.3, 0.4) is 0 Å². The average Bonchev–Trinajstić information content (AvgIpc) is 3.18. The third-order valence-corrected chi connectivity index (χ3v) is 8.49. The minimum Gasteiger partial charge on any atom is -0.479 e. The summed E-state index contributed by atoms with van der Waals surface area (Å²) in [5.41, 5.74) is 1.24. The van der Waals surface area contributed by atoms with Crippen LogP contribution < -0.4 is 5.32 Å². The Morgan fingerprint density at radius 3 is 2.35 bits per heavy atom. The molecular formula is C24H27N3O8S2. The second-order valence-corrected chi connectivity index (χ2v) is 11.4. The summed E-state index contributed by atoms with van der Waals surface area (Å²) in [4.78, 5) is 50.4. The molecule has 0 saturated carbocycles. The van der Waals surface area contributed by atoms with E-state index < -0.39 is 39.2 Å². The topological polar surface area (TPSA) is 171 Å². The van der Waals surface area contributed by atoms with Crippen LogP contribution in [-0.4, -0.2) is 63.1 Å². The highest BCUT2D eigenvalue weighted by atomic mass is 32.2. The summed E-state index contributed by atoms with van der Waals surface area (Å²) >= 11 is 1.49. The first-order chi connectivity index (χ1) is 17.5. The number of nitrogens with one attached hydrogen (secondary N) is 1. The third kappa shape index (κ3) is 6.17. The first kappa shape index (κ1) is 28.3. The number of pyridine rings is 1. The van der Waals surface area contributed by atoms with Crippen molar-refractivity contribution in [3.05, 3.63) is 59.8 Å². The lowest BCUT2D eigenvalue weighted by atomic mass is 10.0. The Hall–Kier alpha value is -3.29. The number of benzene rings is 1. The van der Waals surface area contributed by atoms with E-state index in [-0.39, 0.29) is 48.3 Å². The number of hydrogen-bond donors (Lipinski definition) is 3. The molecule has 0 spiro atoms. The van der Waals surface area contributed by atoms with E-state index in [1.165, 1.54) is 11.8 Å². The molecule has 0 bridgehead atoms. The Bertz CT molecular complexity index is 1270. The van der Waals surface area contributed by atoms with E-state index in [2.05, 4.69) is 10.3 Å². The van der Waals surface area contributed by atoms with Crippen LogP contribution in [0.15, 0.2) is 53.7 Å². The van der Waals surface area contributed by atoms with Crippen molar-refractivity contribution in [2.24, 2.45) is 0 Å². The maximum Gasteiger partial charge on any atom is 0.348 e. The van der Waals surface area contributed by atoms with Crippen molar-refractivity contribution >= 4 is 45.6 Å². The highest BCUT2D eigenvalue weighted by Gasteiger charge is 2.60. The van der Waals surface area contributed by atoms with Gasteiger partial charge < -0.3 is 10.4 Å². The molecule has 1 fully saturated rings. The Kier molecular flexibility index (Phi) is 9.05. The Morgan fingerprint density at radius 1 is 1.11 bits per heavy atom. The molecule has 198 valence electrons. The number of unbranched alkanes of at least 4 members (excludes halogenated alkanes) is 1. The van der Waals surface area contributed by atoms with Gasteiger partial charge in [-0.05, 0) is 49.9 Å². The van der Waals surface area contributed by atoms with Gasteiger partial charge in [0.15, 0.2) is 0 Å². The zero-order valence-electron chi connectivity index (χ0n) is 20.0. The second-order valence-electron chi connectivity index (χ2n) is 8.42. The van der Waals surface area contributed by atoms with Gasteiger partial charge in [0.05, 0.1) is 5.03 Å². The zero-order valence-corrected chi connectivity index (χ0v) is 21.6. The largest absolute Gasteiger partial charge is 0.479 e. The molecule has 1 saturated heterocycles. The molecule has 3 rings (SSSR count). The van der Waals surface area contributed by atoms with Crippen molar-refractivity contribution in [1.29, 1.82) is 0 Å². The van der Waals surface area contributed by atoms with Gasteiger partial charge in [0.1, 0.15) is 0 Å². The Morgan fingerprint density at radius 2 is 1.76 bits per heavy atom. The van der Waals surface area contributed by atoms with Gasteiger partial charge in [-0.25, -0.2) is 14.7 Å². The normalized spacial score (nSPS) is 16.3. The number of aliphatic carboxylic acids is 1. The molecule has 2 heterocycles. The number of nitrogens with zero attached hydrogens (tertiary/aromatic N) is 2. The Balaban J connectivity index is 1.64. The molecule has 11 nitrogen and oxygen atoms in total. The van der Waals surface area contributed by atoms with Crippen LogP contribution in [-0.2, 0) is 24.5 Å². The molecule has 1 aliphatic rings. The first-order valence-corrected chi connectivity index (χ1v) is 13.8. The number of thioether (sulfide) groups is 1. The second kappa shape index (κ2) is 11.8. The van der Waals surface area contributed by atoms with Crippen LogP contribution >= 0.6 is 11.8 Å². The number of carbonyl (C=O) groups is 4. The van der Waals surface area contributed by atoms with Crippen LogP contribution in [0.2, 0.25) is 0 Å². The van der Waals surface area contributed by atoms with E-state index in [0.717, 1.165) is 10.6 Å². The van der Waals surface area contributed by atoms with Crippen molar-refractivity contribution in [3.8, 4) is 0 Å². The summed E-state index contributed by atoms with van der Waals surface area (Å²) in [6.07, 6.45) is 0.308. The minimum atomic E-state index is -5.37. The maximum absolute atomic E-state index is 12.9. The van der Waals surface area contributed by atoms with Gasteiger partial charge in [-0.1, -0.05) is 36.0 Å². The van der Waals surface area contributed by atoms with E-state index in [0.29, 0.717) is 5.56 Å². The predicted octanol–water partition coefficient (Wildman–Crippen LogP) is 2.65. The molecule has 2 atom stereocenters. The molecule has 1 aromatic carbocycles. The number of imide groups is 1. The van der Waals surface area contributed by atoms with E-state index in [1.54, 1.807) is 18.3 Å². The summed E-state index contributed by atoms with van der Waals surface area (Å²) in [6.45, 7) is 2.02. The molecule has 2 aromatic rings. The number of likely N-dealkylation sites (tertiary alicyclic amines) is 1. The predicted molar refractivity (Wildman–Crippen MR) is 134 cm³/mol. The number of rotatable bonds is 12. The fourth-order valence-corrected chi connectivity index (χ4v) is 6.19. The summed E-state index contributed by atoms with van der Waals surface area (Å²) in [5.74, 6) is -4.34.